The van der Waals surface area contributed by atoms with Crippen LogP contribution in [-0.2, 0) is 4.74 Å². The van der Waals surface area contributed by atoms with Crippen molar-refractivity contribution in [2.45, 2.75) is 24.5 Å². The molecule has 4 atom stereocenters. The zero-order valence-electron chi connectivity index (χ0n) is 9.23. The maximum atomic E-state index is 11.7. The summed E-state index contributed by atoms with van der Waals surface area (Å²) >= 11 is 5.63. The van der Waals surface area contributed by atoms with Gasteiger partial charge in [-0.3, -0.25) is 4.57 Å². The largest absolute Gasteiger partial charge is 0.388 e. The summed E-state index contributed by atoms with van der Waals surface area (Å²) < 4.78 is 6.54. The Morgan fingerprint density at radius 2 is 2.39 bits per heavy atom. The number of aliphatic hydroxyl groups excluding tert-OH is 1. The van der Waals surface area contributed by atoms with Gasteiger partial charge < -0.3 is 20.8 Å². The van der Waals surface area contributed by atoms with E-state index in [1.54, 1.807) is 0 Å². The summed E-state index contributed by atoms with van der Waals surface area (Å²) in [6.07, 6.45) is -1.26. The summed E-state index contributed by atoms with van der Waals surface area (Å²) in [6.45, 7) is 0. The number of rotatable bonds is 3. The number of anilines is 1. The van der Waals surface area contributed by atoms with Gasteiger partial charge in [0.2, 0.25) is 0 Å². The number of alkyl halides is 1. The Morgan fingerprint density at radius 3 is 2.94 bits per heavy atom. The molecular formula is C9H13ClN4O4. The normalized spacial score (nSPS) is 31.7. The van der Waals surface area contributed by atoms with Crippen LogP contribution >= 0.6 is 11.6 Å². The molecule has 0 aliphatic carbocycles. The van der Waals surface area contributed by atoms with Gasteiger partial charge in [-0.25, -0.2) is 4.79 Å². The summed E-state index contributed by atoms with van der Waals surface area (Å²) in [5.41, 5.74) is 6.65. The van der Waals surface area contributed by atoms with Crippen molar-refractivity contribution in [3.63, 3.8) is 0 Å². The van der Waals surface area contributed by atoms with Crippen molar-refractivity contribution in [3.05, 3.63) is 22.7 Å². The topological polar surface area (TPSA) is 123 Å². The van der Waals surface area contributed by atoms with Gasteiger partial charge in [-0.15, -0.1) is 11.6 Å². The lowest BCUT2D eigenvalue weighted by molar-refractivity contribution is -0.0207. The third-order valence-corrected chi connectivity index (χ3v) is 3.10. The second-order valence-electron chi connectivity index (χ2n) is 3.91. The molecular weight excluding hydrogens is 264 g/mol. The van der Waals surface area contributed by atoms with Crippen LogP contribution in [0.15, 0.2) is 17.1 Å². The van der Waals surface area contributed by atoms with Crippen molar-refractivity contribution < 1.29 is 15.1 Å². The van der Waals surface area contributed by atoms with E-state index >= 15 is 0 Å². The van der Waals surface area contributed by atoms with E-state index < -0.39 is 30.2 Å². The predicted molar refractivity (Wildman–Crippen MR) is 62.3 cm³/mol. The first-order chi connectivity index (χ1) is 8.58. The second kappa shape index (κ2) is 5.21. The molecule has 1 aromatic rings. The summed E-state index contributed by atoms with van der Waals surface area (Å²) in [5, 5.41) is 18.9. The van der Waals surface area contributed by atoms with Gasteiger partial charge in [0.25, 0.3) is 0 Å². The molecule has 1 saturated heterocycles. The van der Waals surface area contributed by atoms with Gasteiger partial charge in [0, 0.05) is 6.20 Å². The van der Waals surface area contributed by atoms with E-state index in [1.807, 2.05) is 5.48 Å². The molecule has 0 radical (unpaired) electrons. The molecule has 1 fully saturated rings. The smallest absolute Gasteiger partial charge is 0.351 e. The molecule has 2 heterocycles. The van der Waals surface area contributed by atoms with E-state index in [1.165, 1.54) is 12.3 Å². The highest BCUT2D eigenvalue weighted by molar-refractivity contribution is 6.18. The van der Waals surface area contributed by atoms with Crippen molar-refractivity contribution >= 4 is 17.4 Å². The quantitative estimate of drug-likeness (QED) is 0.398. The lowest BCUT2D eigenvalue weighted by atomic mass is 10.1. The van der Waals surface area contributed by atoms with Crippen LogP contribution < -0.4 is 16.9 Å². The Bertz CT molecular complexity index is 482. The van der Waals surface area contributed by atoms with Gasteiger partial charge in [-0.1, -0.05) is 0 Å². The van der Waals surface area contributed by atoms with Crippen molar-refractivity contribution in [2.24, 2.45) is 0 Å². The Labute approximate surface area is 107 Å². The van der Waals surface area contributed by atoms with Crippen molar-refractivity contribution in [1.29, 1.82) is 0 Å². The van der Waals surface area contributed by atoms with Gasteiger partial charge in [0.05, 0.1) is 5.88 Å². The minimum absolute atomic E-state index is 0.0347. The number of aromatic nitrogens is 2. The molecule has 1 aliphatic rings. The maximum Gasteiger partial charge on any atom is 0.351 e. The number of nitrogens with zero attached hydrogens (tertiary/aromatic N) is 2. The molecule has 1 unspecified atom stereocenters. The Kier molecular flexibility index (Phi) is 3.83. The molecule has 9 heteroatoms. The van der Waals surface area contributed by atoms with Crippen molar-refractivity contribution in [2.75, 3.05) is 11.6 Å². The first-order valence-corrected chi connectivity index (χ1v) is 5.75. The number of ether oxygens (including phenoxy) is 1. The fourth-order valence-corrected chi connectivity index (χ4v) is 2.13. The predicted octanol–water partition coefficient (Wildman–Crippen LogP) is -1.33. The summed E-state index contributed by atoms with van der Waals surface area (Å²) in [6, 6.07) is 0.538. The maximum absolute atomic E-state index is 11.7. The van der Waals surface area contributed by atoms with Gasteiger partial charge in [-0.05, 0) is 6.07 Å². The van der Waals surface area contributed by atoms with Crippen LogP contribution in [0.2, 0.25) is 0 Å². The lowest BCUT2D eigenvalue weighted by Crippen LogP contribution is -2.44. The first-order valence-electron chi connectivity index (χ1n) is 5.22. The van der Waals surface area contributed by atoms with Gasteiger partial charge in [-0.2, -0.15) is 10.5 Å². The van der Waals surface area contributed by atoms with Gasteiger partial charge in [0.1, 0.15) is 24.1 Å². The Balaban J connectivity index is 2.35. The van der Waals surface area contributed by atoms with Crippen LogP contribution in [0.25, 0.3) is 0 Å². The molecule has 100 valence electrons. The molecule has 18 heavy (non-hydrogen) atoms. The molecule has 0 bridgehead atoms. The third-order valence-electron chi connectivity index (χ3n) is 2.80. The molecule has 0 spiro atoms. The fraction of sp³-hybridized carbons (Fsp3) is 0.556. The van der Waals surface area contributed by atoms with Crippen LogP contribution in [-0.4, -0.2) is 44.0 Å². The van der Waals surface area contributed by atoms with Crippen molar-refractivity contribution in [1.82, 2.24) is 15.0 Å². The SMILES string of the molecule is Nc1ccn([C@@H]2O[C@H](CCl)[C@@H](O)C2NO)c(=O)n1. The van der Waals surface area contributed by atoms with Crippen LogP contribution in [0.1, 0.15) is 6.23 Å². The monoisotopic (exact) mass is 276 g/mol. The summed E-state index contributed by atoms with van der Waals surface area (Å²) in [7, 11) is 0. The number of nitrogen functional groups attached to an aromatic ring is 1. The molecule has 5 N–H and O–H groups in total. The van der Waals surface area contributed by atoms with Crippen molar-refractivity contribution in [3.8, 4) is 0 Å². The minimum Gasteiger partial charge on any atom is -0.388 e. The molecule has 2 rings (SSSR count). The Morgan fingerprint density at radius 1 is 1.67 bits per heavy atom. The summed E-state index contributed by atoms with van der Waals surface area (Å²) in [4.78, 5) is 15.2. The van der Waals surface area contributed by atoms with Gasteiger partial charge in [0.15, 0.2) is 6.23 Å². The van der Waals surface area contributed by atoms with E-state index in [2.05, 4.69) is 4.98 Å². The zero-order valence-corrected chi connectivity index (χ0v) is 9.99. The van der Waals surface area contributed by atoms with E-state index in [4.69, 9.17) is 27.3 Å². The average molecular weight is 277 g/mol. The van der Waals surface area contributed by atoms with Crippen LogP contribution in [0.5, 0.6) is 0 Å². The molecule has 0 saturated carbocycles. The Hall–Kier alpha value is -1.19. The molecule has 1 aliphatic heterocycles. The fourth-order valence-electron chi connectivity index (χ4n) is 1.87. The second-order valence-corrected chi connectivity index (χ2v) is 4.22. The number of nitrogens with two attached hydrogens (primary N) is 1. The van der Waals surface area contributed by atoms with E-state index in [9.17, 15) is 9.90 Å². The van der Waals surface area contributed by atoms with Crippen LogP contribution in [0.4, 0.5) is 5.82 Å². The third kappa shape index (κ3) is 2.20. The lowest BCUT2D eigenvalue weighted by Gasteiger charge is -2.19. The van der Waals surface area contributed by atoms with E-state index in [0.29, 0.717) is 0 Å². The average Bonchev–Trinajstić information content (AvgIpc) is 2.65. The first kappa shape index (κ1) is 13.2. The van der Waals surface area contributed by atoms with E-state index in [-0.39, 0.29) is 11.7 Å². The number of hydrogen-bond donors (Lipinski definition) is 4. The minimum atomic E-state index is -1.04. The number of aliphatic hydroxyl groups is 1. The highest BCUT2D eigenvalue weighted by Gasteiger charge is 2.44. The van der Waals surface area contributed by atoms with E-state index in [0.717, 1.165) is 4.57 Å². The van der Waals surface area contributed by atoms with Gasteiger partial charge >= 0.3 is 5.69 Å². The van der Waals surface area contributed by atoms with Crippen LogP contribution in [0, 0.1) is 0 Å². The molecule has 8 nitrogen and oxygen atoms in total. The number of hydroxylamine groups is 1. The molecule has 0 amide bonds. The molecule has 1 aromatic heterocycles. The summed E-state index contributed by atoms with van der Waals surface area (Å²) in [5.74, 6) is 0.115. The number of nitrogens with one attached hydrogen (secondary N) is 1. The number of halogens is 1. The standard InChI is InChI=1S/C9H13ClN4O4/c10-3-4-7(15)6(13-17)8(18-4)14-2-1-5(11)12-9(14)16/h1-2,4,6-8,13,15,17H,3H2,(H2,11,12,16)/t4-,6?,7-,8-/m1/s1. The highest BCUT2D eigenvalue weighted by atomic mass is 35.5. The van der Waals surface area contributed by atoms with Crippen LogP contribution in [0.3, 0.4) is 0 Å². The molecule has 0 aromatic carbocycles. The highest BCUT2D eigenvalue weighted by Crippen LogP contribution is 2.28. The zero-order chi connectivity index (χ0) is 13.3. The number of hydrogen-bond acceptors (Lipinski definition) is 7.